The molecule has 0 radical (unpaired) electrons. The molecule has 1 heterocycles. The van der Waals surface area contributed by atoms with Crippen LogP contribution in [0.15, 0.2) is 24.3 Å². The molecule has 0 atom stereocenters. The second kappa shape index (κ2) is 5.82. The molecule has 1 aliphatic heterocycles. The smallest absolute Gasteiger partial charge is 0.335 e. The quantitative estimate of drug-likeness (QED) is 0.854. The monoisotopic (exact) mass is 312 g/mol. The molecule has 8 heteroatoms. The van der Waals surface area contributed by atoms with Crippen molar-refractivity contribution in [3.05, 3.63) is 35.4 Å². The van der Waals surface area contributed by atoms with Gasteiger partial charge in [0, 0.05) is 31.7 Å². The highest BCUT2D eigenvalue weighted by Gasteiger charge is 2.26. The van der Waals surface area contributed by atoms with Gasteiger partial charge in [0.05, 0.1) is 11.8 Å². The first-order chi connectivity index (χ1) is 9.79. The Morgan fingerprint density at radius 3 is 1.90 bits per heavy atom. The first-order valence-electron chi connectivity index (χ1n) is 6.37. The highest BCUT2D eigenvalue weighted by Crippen LogP contribution is 2.12. The van der Waals surface area contributed by atoms with Gasteiger partial charge in [0.15, 0.2) is 0 Å². The fourth-order valence-electron chi connectivity index (χ4n) is 2.16. The average Bonchev–Trinajstić information content (AvgIpc) is 2.46. The fraction of sp³-hybridized carbons (Fsp3) is 0.385. The Kier molecular flexibility index (Phi) is 4.29. The van der Waals surface area contributed by atoms with Crippen LogP contribution in [0.25, 0.3) is 0 Å². The highest BCUT2D eigenvalue weighted by atomic mass is 32.2. The zero-order chi connectivity index (χ0) is 15.6. The Morgan fingerprint density at radius 1 is 1.00 bits per heavy atom. The molecule has 7 nitrogen and oxygen atoms in total. The number of rotatable bonds is 3. The maximum Gasteiger partial charge on any atom is 0.335 e. The Hall–Kier alpha value is -1.93. The third-order valence-electron chi connectivity index (χ3n) is 3.37. The van der Waals surface area contributed by atoms with Gasteiger partial charge < -0.3 is 10.0 Å². The van der Waals surface area contributed by atoms with Crippen LogP contribution in [-0.4, -0.2) is 67.0 Å². The standard InChI is InChI=1S/C13H16N2O5S/c1-21(19,20)15-8-6-14(7-9-15)12(16)10-2-4-11(5-3-10)13(17)18/h2-5H,6-9H2,1H3,(H,17,18). The summed E-state index contributed by atoms with van der Waals surface area (Å²) in [5, 5.41) is 8.81. The number of carbonyl (C=O) groups excluding carboxylic acids is 1. The van der Waals surface area contributed by atoms with Gasteiger partial charge in [-0.05, 0) is 24.3 Å². The van der Waals surface area contributed by atoms with Gasteiger partial charge in [0.1, 0.15) is 0 Å². The van der Waals surface area contributed by atoms with Crippen LogP contribution in [0.1, 0.15) is 20.7 Å². The van der Waals surface area contributed by atoms with Crippen LogP contribution in [0.2, 0.25) is 0 Å². The van der Waals surface area contributed by atoms with Gasteiger partial charge in [-0.3, -0.25) is 4.79 Å². The molecule has 0 spiro atoms. The first kappa shape index (κ1) is 15.5. The zero-order valence-electron chi connectivity index (χ0n) is 11.5. The summed E-state index contributed by atoms with van der Waals surface area (Å²) < 4.78 is 24.1. The van der Waals surface area contributed by atoms with E-state index in [0.717, 1.165) is 6.26 Å². The van der Waals surface area contributed by atoms with E-state index < -0.39 is 16.0 Å². The normalized spacial score (nSPS) is 16.7. The van der Waals surface area contributed by atoms with E-state index in [1.54, 1.807) is 4.90 Å². The number of benzene rings is 1. The minimum atomic E-state index is -3.22. The van der Waals surface area contributed by atoms with Crippen LogP contribution in [0.4, 0.5) is 0 Å². The molecule has 0 aliphatic carbocycles. The van der Waals surface area contributed by atoms with E-state index in [1.807, 2.05) is 0 Å². The molecule has 0 unspecified atom stereocenters. The Morgan fingerprint density at radius 2 is 1.48 bits per heavy atom. The largest absolute Gasteiger partial charge is 0.478 e. The van der Waals surface area contributed by atoms with Crippen molar-refractivity contribution in [2.24, 2.45) is 0 Å². The minimum absolute atomic E-state index is 0.119. The Bertz CT molecular complexity index is 646. The van der Waals surface area contributed by atoms with E-state index in [4.69, 9.17) is 5.11 Å². The third kappa shape index (κ3) is 3.59. The van der Waals surface area contributed by atoms with Crippen LogP contribution in [-0.2, 0) is 10.0 Å². The second-order valence-electron chi connectivity index (χ2n) is 4.84. The molecule has 1 aliphatic rings. The molecule has 0 aromatic heterocycles. The van der Waals surface area contributed by atoms with Gasteiger partial charge in [-0.15, -0.1) is 0 Å². The maximum absolute atomic E-state index is 12.2. The van der Waals surface area contributed by atoms with E-state index >= 15 is 0 Å². The maximum atomic E-state index is 12.2. The SMILES string of the molecule is CS(=O)(=O)N1CCN(C(=O)c2ccc(C(=O)O)cc2)CC1. The van der Waals surface area contributed by atoms with E-state index in [2.05, 4.69) is 0 Å². The van der Waals surface area contributed by atoms with Crippen molar-refractivity contribution in [1.82, 2.24) is 9.21 Å². The van der Waals surface area contributed by atoms with Gasteiger partial charge in [-0.2, -0.15) is 4.31 Å². The molecule has 2 rings (SSSR count). The van der Waals surface area contributed by atoms with Crippen molar-refractivity contribution in [1.29, 1.82) is 0 Å². The minimum Gasteiger partial charge on any atom is -0.478 e. The van der Waals surface area contributed by atoms with Crippen LogP contribution in [0.5, 0.6) is 0 Å². The van der Waals surface area contributed by atoms with Gasteiger partial charge >= 0.3 is 5.97 Å². The predicted molar refractivity (Wildman–Crippen MR) is 75.7 cm³/mol. The third-order valence-corrected chi connectivity index (χ3v) is 4.68. The van der Waals surface area contributed by atoms with Gasteiger partial charge in [0.2, 0.25) is 10.0 Å². The van der Waals surface area contributed by atoms with Crippen molar-refractivity contribution >= 4 is 21.9 Å². The summed E-state index contributed by atoms with van der Waals surface area (Å²) in [6, 6.07) is 5.69. The first-order valence-corrected chi connectivity index (χ1v) is 8.21. The lowest BCUT2D eigenvalue weighted by atomic mass is 10.1. The number of nitrogens with zero attached hydrogens (tertiary/aromatic N) is 2. The highest BCUT2D eigenvalue weighted by molar-refractivity contribution is 7.88. The van der Waals surface area contributed by atoms with E-state index in [1.165, 1.54) is 28.6 Å². The molecule has 0 bridgehead atoms. The number of carboxylic acid groups (broad SMARTS) is 1. The summed E-state index contributed by atoms with van der Waals surface area (Å²) >= 11 is 0. The van der Waals surface area contributed by atoms with Gasteiger partial charge in [-0.1, -0.05) is 0 Å². The number of hydrogen-bond acceptors (Lipinski definition) is 4. The predicted octanol–water partition coefficient (Wildman–Crippen LogP) is 0.102. The van der Waals surface area contributed by atoms with Gasteiger partial charge in [0.25, 0.3) is 5.91 Å². The zero-order valence-corrected chi connectivity index (χ0v) is 12.3. The number of carboxylic acids is 1. The molecular weight excluding hydrogens is 296 g/mol. The molecule has 0 saturated carbocycles. The molecule has 1 aromatic rings. The van der Waals surface area contributed by atoms with Gasteiger partial charge in [-0.25, -0.2) is 13.2 Å². The number of piperazine rings is 1. The Balaban J connectivity index is 2.03. The summed E-state index contributed by atoms with van der Waals surface area (Å²) in [5.74, 6) is -1.27. The van der Waals surface area contributed by atoms with Crippen molar-refractivity contribution in [3.63, 3.8) is 0 Å². The lowest BCUT2D eigenvalue weighted by Gasteiger charge is -2.33. The number of carbonyl (C=O) groups is 2. The summed E-state index contributed by atoms with van der Waals surface area (Å²) in [4.78, 5) is 24.6. The number of aromatic carboxylic acids is 1. The van der Waals surface area contributed by atoms with Crippen LogP contribution in [0, 0.1) is 0 Å². The molecule has 1 aromatic carbocycles. The van der Waals surface area contributed by atoms with Crippen LogP contribution in [0.3, 0.4) is 0 Å². The van der Waals surface area contributed by atoms with Crippen LogP contribution >= 0.6 is 0 Å². The van der Waals surface area contributed by atoms with Crippen molar-refractivity contribution in [2.75, 3.05) is 32.4 Å². The summed E-state index contributed by atoms with van der Waals surface area (Å²) in [7, 11) is -3.22. The van der Waals surface area contributed by atoms with Crippen molar-refractivity contribution in [2.45, 2.75) is 0 Å². The number of amides is 1. The molecule has 1 saturated heterocycles. The molecule has 114 valence electrons. The molecular formula is C13H16N2O5S. The Labute approximate surface area is 122 Å². The summed E-state index contributed by atoms with van der Waals surface area (Å²) in [5.41, 5.74) is 0.515. The summed E-state index contributed by atoms with van der Waals surface area (Å²) in [6.07, 6.45) is 1.15. The number of sulfonamides is 1. The average molecular weight is 312 g/mol. The van der Waals surface area contributed by atoms with E-state index in [9.17, 15) is 18.0 Å². The molecule has 1 amide bonds. The van der Waals surface area contributed by atoms with Crippen LogP contribution < -0.4 is 0 Å². The number of hydrogen-bond donors (Lipinski definition) is 1. The lowest BCUT2D eigenvalue weighted by molar-refractivity contribution is 0.0684. The van der Waals surface area contributed by atoms with Crippen molar-refractivity contribution in [3.8, 4) is 0 Å². The summed E-state index contributed by atoms with van der Waals surface area (Å²) in [6.45, 7) is 1.20. The molecule has 21 heavy (non-hydrogen) atoms. The topological polar surface area (TPSA) is 95.0 Å². The lowest BCUT2D eigenvalue weighted by Crippen LogP contribution is -2.50. The fourth-order valence-corrected chi connectivity index (χ4v) is 2.99. The molecule has 1 fully saturated rings. The van der Waals surface area contributed by atoms with E-state index in [-0.39, 0.29) is 24.6 Å². The van der Waals surface area contributed by atoms with Crippen molar-refractivity contribution < 1.29 is 23.1 Å². The second-order valence-corrected chi connectivity index (χ2v) is 6.82. The van der Waals surface area contributed by atoms with E-state index in [0.29, 0.717) is 18.7 Å². The molecule has 1 N–H and O–H groups in total.